The molecule has 1 atom stereocenters. The van der Waals surface area contributed by atoms with Crippen molar-refractivity contribution < 1.29 is 5.11 Å². The Hall–Kier alpha value is -1.75. The van der Waals surface area contributed by atoms with E-state index >= 15 is 0 Å². The molecule has 2 aliphatic heterocycles. The fraction of sp³-hybridized carbons (Fsp3) is 0.286. The molecule has 1 aromatic carbocycles. The van der Waals surface area contributed by atoms with Crippen LogP contribution in [0.3, 0.4) is 0 Å². The summed E-state index contributed by atoms with van der Waals surface area (Å²) >= 11 is 1.54. The summed E-state index contributed by atoms with van der Waals surface area (Å²) in [5.74, 6) is -0.379. The maximum absolute atomic E-state index is 11.4. The van der Waals surface area contributed by atoms with Crippen LogP contribution >= 0.6 is 11.8 Å². The Bertz CT molecular complexity index is 705. The summed E-state index contributed by atoms with van der Waals surface area (Å²) in [5.41, 5.74) is 1.22. The highest BCUT2D eigenvalue weighted by molar-refractivity contribution is 8.09. The number of allylic oxidation sites excluding steroid dienone is 3. The zero-order chi connectivity index (χ0) is 13.6. The second kappa shape index (κ2) is 4.42. The average molecular weight is 275 g/mol. The smallest absolute Gasteiger partial charge is 0.268 e. The molecule has 0 spiro atoms. The fourth-order valence-electron chi connectivity index (χ4n) is 2.35. The van der Waals surface area contributed by atoms with Gasteiger partial charge in [-0.05, 0) is 25.0 Å². The van der Waals surface area contributed by atoms with Crippen molar-refractivity contribution in [3.63, 3.8) is 0 Å². The largest absolute Gasteiger partial charge is 0.503 e. The van der Waals surface area contributed by atoms with Gasteiger partial charge in [0.1, 0.15) is 0 Å². The monoisotopic (exact) mass is 275 g/mol. The van der Waals surface area contributed by atoms with E-state index in [0.717, 1.165) is 23.6 Å². The minimum absolute atomic E-state index is 0.202. The SMILES string of the molecule is CC1=CC(C2CC=C(c3c(O)c(=O)c3=O)S2)=CCN1. The van der Waals surface area contributed by atoms with Gasteiger partial charge in [-0.3, -0.25) is 9.59 Å². The standard InChI is InChI=1S/C14H13NO3S/c1-7-6-8(4-5-15-7)9-2-3-10(19-9)11-12(16)14(18)13(11)17/h3-4,6,9,15-16H,2,5H2,1H3. The third kappa shape index (κ3) is 1.94. The van der Waals surface area contributed by atoms with Gasteiger partial charge >= 0.3 is 0 Å². The van der Waals surface area contributed by atoms with Gasteiger partial charge in [0.2, 0.25) is 5.43 Å². The van der Waals surface area contributed by atoms with E-state index in [4.69, 9.17) is 0 Å². The zero-order valence-electron chi connectivity index (χ0n) is 10.4. The van der Waals surface area contributed by atoms with E-state index in [1.807, 2.05) is 13.0 Å². The first kappa shape index (κ1) is 12.3. The summed E-state index contributed by atoms with van der Waals surface area (Å²) in [7, 11) is 0. The Morgan fingerprint density at radius 2 is 2.11 bits per heavy atom. The third-order valence-corrected chi connectivity index (χ3v) is 4.77. The average Bonchev–Trinajstić information content (AvgIpc) is 2.88. The van der Waals surface area contributed by atoms with Crippen LogP contribution in [-0.4, -0.2) is 16.9 Å². The summed E-state index contributed by atoms with van der Waals surface area (Å²) in [5, 5.41) is 12.9. The number of thioether (sulfide) groups is 1. The molecule has 0 fully saturated rings. The quantitative estimate of drug-likeness (QED) is 0.796. The Morgan fingerprint density at radius 1 is 1.32 bits per heavy atom. The molecule has 0 saturated heterocycles. The summed E-state index contributed by atoms with van der Waals surface area (Å²) in [4.78, 5) is 23.2. The van der Waals surface area contributed by atoms with E-state index in [9.17, 15) is 14.7 Å². The predicted molar refractivity (Wildman–Crippen MR) is 76.8 cm³/mol. The molecule has 98 valence electrons. The van der Waals surface area contributed by atoms with Crippen LogP contribution in [0.15, 0.2) is 39.1 Å². The van der Waals surface area contributed by atoms with Crippen LogP contribution in [-0.2, 0) is 0 Å². The van der Waals surface area contributed by atoms with E-state index < -0.39 is 10.9 Å². The number of aromatic hydroxyl groups is 1. The van der Waals surface area contributed by atoms with Crippen molar-refractivity contribution in [3.05, 3.63) is 55.5 Å². The molecule has 0 bridgehead atoms. The lowest BCUT2D eigenvalue weighted by atomic mass is 10.0. The zero-order valence-corrected chi connectivity index (χ0v) is 11.2. The van der Waals surface area contributed by atoms with Crippen molar-refractivity contribution in [2.24, 2.45) is 0 Å². The van der Waals surface area contributed by atoms with Gasteiger partial charge in [0.25, 0.3) is 5.43 Å². The first-order chi connectivity index (χ1) is 9.08. The molecule has 0 radical (unpaired) electrons. The Morgan fingerprint density at radius 3 is 2.79 bits per heavy atom. The van der Waals surface area contributed by atoms with Crippen molar-refractivity contribution in [1.82, 2.24) is 5.32 Å². The van der Waals surface area contributed by atoms with Gasteiger partial charge < -0.3 is 10.4 Å². The molecular formula is C14H13NO3S. The number of dihydropyridines is 1. The van der Waals surface area contributed by atoms with Gasteiger partial charge in [-0.1, -0.05) is 12.2 Å². The van der Waals surface area contributed by atoms with Gasteiger partial charge in [0.05, 0.1) is 5.56 Å². The van der Waals surface area contributed by atoms with E-state index in [1.165, 1.54) is 5.57 Å². The van der Waals surface area contributed by atoms with Crippen LogP contribution in [0.2, 0.25) is 0 Å². The van der Waals surface area contributed by atoms with Gasteiger partial charge in [0, 0.05) is 22.4 Å². The molecule has 3 rings (SSSR count). The Kier molecular flexibility index (Phi) is 2.86. The van der Waals surface area contributed by atoms with Crippen LogP contribution in [0.25, 0.3) is 4.91 Å². The van der Waals surface area contributed by atoms with E-state index in [1.54, 1.807) is 11.8 Å². The molecule has 0 saturated carbocycles. The molecule has 0 amide bonds. The lowest BCUT2D eigenvalue weighted by Gasteiger charge is -2.18. The van der Waals surface area contributed by atoms with Crippen molar-refractivity contribution in [3.8, 4) is 5.75 Å². The van der Waals surface area contributed by atoms with Gasteiger partial charge in [-0.2, -0.15) is 0 Å². The van der Waals surface area contributed by atoms with Crippen LogP contribution < -0.4 is 16.2 Å². The molecule has 1 aromatic rings. The topological polar surface area (TPSA) is 66.4 Å². The fourth-order valence-corrected chi connectivity index (χ4v) is 3.65. The van der Waals surface area contributed by atoms with Crippen molar-refractivity contribution in [1.29, 1.82) is 0 Å². The molecule has 5 heteroatoms. The molecule has 0 aliphatic carbocycles. The molecule has 19 heavy (non-hydrogen) atoms. The lowest BCUT2D eigenvalue weighted by Crippen LogP contribution is -2.33. The minimum Gasteiger partial charge on any atom is -0.503 e. The van der Waals surface area contributed by atoms with E-state index in [0.29, 0.717) is 0 Å². The third-order valence-electron chi connectivity index (χ3n) is 3.39. The molecule has 1 unspecified atom stereocenters. The van der Waals surface area contributed by atoms with Gasteiger partial charge in [-0.15, -0.1) is 11.8 Å². The second-order valence-electron chi connectivity index (χ2n) is 4.70. The predicted octanol–water partition coefficient (Wildman–Crippen LogP) is 1.27. The van der Waals surface area contributed by atoms with Crippen LogP contribution in [0.1, 0.15) is 18.9 Å². The number of nitrogens with one attached hydrogen (secondary N) is 1. The van der Waals surface area contributed by atoms with Crippen molar-refractivity contribution >= 4 is 16.7 Å². The lowest BCUT2D eigenvalue weighted by molar-refractivity contribution is 0.461. The van der Waals surface area contributed by atoms with E-state index in [-0.39, 0.29) is 16.6 Å². The molecule has 2 aliphatic rings. The Balaban J connectivity index is 1.80. The minimum atomic E-state index is -0.767. The summed E-state index contributed by atoms with van der Waals surface area (Å²) in [6.07, 6.45) is 6.97. The highest BCUT2D eigenvalue weighted by Crippen LogP contribution is 2.44. The van der Waals surface area contributed by atoms with Gasteiger partial charge in [0.15, 0.2) is 5.75 Å². The van der Waals surface area contributed by atoms with Gasteiger partial charge in [-0.25, -0.2) is 0 Å². The van der Waals surface area contributed by atoms with Crippen molar-refractivity contribution in [2.45, 2.75) is 18.6 Å². The molecule has 0 aromatic heterocycles. The van der Waals surface area contributed by atoms with Crippen LogP contribution in [0.4, 0.5) is 0 Å². The summed E-state index contributed by atoms with van der Waals surface area (Å²) in [6, 6.07) is 0. The summed E-state index contributed by atoms with van der Waals surface area (Å²) < 4.78 is 0. The first-order valence-corrected chi connectivity index (χ1v) is 6.97. The highest BCUT2D eigenvalue weighted by Gasteiger charge is 2.30. The number of hydrogen-bond acceptors (Lipinski definition) is 5. The van der Waals surface area contributed by atoms with Crippen molar-refractivity contribution in [2.75, 3.05) is 6.54 Å². The molecule has 2 heterocycles. The Labute approximate surface area is 114 Å². The number of hydrogen-bond donors (Lipinski definition) is 2. The molecule has 2 N–H and O–H groups in total. The second-order valence-corrected chi connectivity index (χ2v) is 5.95. The summed E-state index contributed by atoms with van der Waals surface area (Å²) in [6.45, 7) is 2.83. The molecule has 4 nitrogen and oxygen atoms in total. The molecular weight excluding hydrogens is 262 g/mol. The highest BCUT2D eigenvalue weighted by atomic mass is 32.2. The maximum atomic E-state index is 11.4. The first-order valence-electron chi connectivity index (χ1n) is 6.09. The van der Waals surface area contributed by atoms with Crippen LogP contribution in [0, 0.1) is 0 Å². The normalized spacial score (nSPS) is 22.8. The van der Waals surface area contributed by atoms with E-state index in [2.05, 4.69) is 17.5 Å². The number of rotatable bonds is 2. The van der Waals surface area contributed by atoms with Crippen LogP contribution in [0.5, 0.6) is 5.75 Å². The maximum Gasteiger partial charge on any atom is 0.268 e.